The molecule has 0 fully saturated rings. The summed E-state index contributed by atoms with van der Waals surface area (Å²) < 4.78 is 14.8. The number of nitrogens with zero attached hydrogens (tertiary/aromatic N) is 2. The van der Waals surface area contributed by atoms with Crippen molar-refractivity contribution in [2.45, 2.75) is 6.92 Å². The van der Waals surface area contributed by atoms with Crippen LogP contribution in [0.5, 0.6) is 5.75 Å². The Morgan fingerprint density at radius 2 is 2.08 bits per heavy atom. The summed E-state index contributed by atoms with van der Waals surface area (Å²) in [4.78, 5) is 25.9. The average molecular weight is 353 g/mol. The van der Waals surface area contributed by atoms with Gasteiger partial charge in [-0.2, -0.15) is 0 Å². The van der Waals surface area contributed by atoms with Gasteiger partial charge in [-0.05, 0) is 19.1 Å². The van der Waals surface area contributed by atoms with E-state index in [1.807, 2.05) is 14.1 Å². The van der Waals surface area contributed by atoms with Crippen LogP contribution in [0.4, 0.5) is 5.69 Å². The number of hydrogen-bond donors (Lipinski definition) is 0. The first-order valence-electron chi connectivity index (χ1n) is 7.13. The third kappa shape index (κ3) is 3.35. The first-order valence-corrected chi connectivity index (χ1v) is 7.50. The molecule has 7 nitrogen and oxygen atoms in total. The lowest BCUT2D eigenvalue weighted by Gasteiger charge is -2.20. The van der Waals surface area contributed by atoms with Crippen molar-refractivity contribution in [1.29, 1.82) is 0 Å². The molecule has 0 aliphatic carbocycles. The van der Waals surface area contributed by atoms with E-state index in [-0.39, 0.29) is 23.6 Å². The van der Waals surface area contributed by atoms with E-state index in [2.05, 4.69) is 9.68 Å². The fourth-order valence-electron chi connectivity index (χ4n) is 2.23. The lowest BCUT2D eigenvalue weighted by atomic mass is 10.0. The average Bonchev–Trinajstić information content (AvgIpc) is 2.56. The molecule has 0 atom stereocenters. The molecule has 1 aromatic heterocycles. The standard InChI is InChI=1S/C16H17ClN2O5/c1-5-23-14-12(13(15(20)22-4)18-24-16(14)21)10-7-6-9(17)8-11(10)19(2)3/h6-8H,5H2,1-4H3. The molecule has 24 heavy (non-hydrogen) atoms. The monoisotopic (exact) mass is 352 g/mol. The van der Waals surface area contributed by atoms with Gasteiger partial charge in [0.2, 0.25) is 5.75 Å². The third-order valence-corrected chi connectivity index (χ3v) is 3.48. The van der Waals surface area contributed by atoms with Gasteiger partial charge in [0.05, 0.1) is 19.3 Å². The number of hydrogen-bond acceptors (Lipinski definition) is 7. The van der Waals surface area contributed by atoms with Gasteiger partial charge in [-0.3, -0.25) is 0 Å². The van der Waals surface area contributed by atoms with E-state index < -0.39 is 11.6 Å². The van der Waals surface area contributed by atoms with Crippen molar-refractivity contribution in [1.82, 2.24) is 5.16 Å². The zero-order chi connectivity index (χ0) is 17.9. The smallest absolute Gasteiger partial charge is 0.400 e. The molecule has 1 heterocycles. The van der Waals surface area contributed by atoms with Crippen LogP contribution in [-0.4, -0.2) is 38.9 Å². The normalized spacial score (nSPS) is 10.4. The molecule has 0 N–H and O–H groups in total. The highest BCUT2D eigenvalue weighted by Crippen LogP contribution is 2.38. The van der Waals surface area contributed by atoms with E-state index >= 15 is 0 Å². The second kappa shape index (κ2) is 7.35. The minimum Gasteiger partial charge on any atom is -0.486 e. The third-order valence-electron chi connectivity index (χ3n) is 3.25. The van der Waals surface area contributed by atoms with Crippen LogP contribution in [0.1, 0.15) is 17.4 Å². The maximum absolute atomic E-state index is 12.1. The molecule has 0 radical (unpaired) electrons. The van der Waals surface area contributed by atoms with E-state index in [0.717, 1.165) is 0 Å². The summed E-state index contributed by atoms with van der Waals surface area (Å²) >= 11 is 6.06. The number of anilines is 1. The second-order valence-electron chi connectivity index (χ2n) is 5.00. The summed E-state index contributed by atoms with van der Waals surface area (Å²) in [7, 11) is 4.84. The molecule has 0 aliphatic heterocycles. The fraction of sp³-hybridized carbons (Fsp3) is 0.312. The quantitative estimate of drug-likeness (QED) is 0.765. The van der Waals surface area contributed by atoms with E-state index in [1.54, 1.807) is 30.0 Å². The lowest BCUT2D eigenvalue weighted by molar-refractivity contribution is 0.0583. The minimum absolute atomic E-state index is 0.0988. The Balaban J connectivity index is 2.88. The van der Waals surface area contributed by atoms with Crippen molar-refractivity contribution in [3.05, 3.63) is 39.3 Å². The number of rotatable bonds is 5. The molecule has 128 valence electrons. The van der Waals surface area contributed by atoms with Gasteiger partial charge < -0.3 is 18.9 Å². The molecular weight excluding hydrogens is 336 g/mol. The Hall–Kier alpha value is -2.54. The number of methoxy groups -OCH3 is 1. The van der Waals surface area contributed by atoms with Crippen LogP contribution >= 0.6 is 11.6 Å². The number of esters is 1. The zero-order valence-corrected chi connectivity index (χ0v) is 14.5. The molecule has 0 bridgehead atoms. The van der Waals surface area contributed by atoms with Crippen molar-refractivity contribution in [2.75, 3.05) is 32.7 Å². The van der Waals surface area contributed by atoms with Crippen molar-refractivity contribution < 1.29 is 18.8 Å². The highest BCUT2D eigenvalue weighted by molar-refractivity contribution is 6.31. The van der Waals surface area contributed by atoms with Gasteiger partial charge in [0.15, 0.2) is 5.69 Å². The number of ether oxygens (including phenoxy) is 2. The van der Waals surface area contributed by atoms with Crippen LogP contribution in [-0.2, 0) is 4.74 Å². The van der Waals surface area contributed by atoms with E-state index in [1.165, 1.54) is 7.11 Å². The topological polar surface area (TPSA) is 81.9 Å². The van der Waals surface area contributed by atoms with Gasteiger partial charge in [0.25, 0.3) is 0 Å². The van der Waals surface area contributed by atoms with E-state index in [0.29, 0.717) is 16.3 Å². The van der Waals surface area contributed by atoms with Crippen molar-refractivity contribution >= 4 is 23.3 Å². The first kappa shape index (κ1) is 17.8. The van der Waals surface area contributed by atoms with E-state index in [9.17, 15) is 9.59 Å². The number of halogens is 1. The highest BCUT2D eigenvalue weighted by atomic mass is 35.5. The first-order chi connectivity index (χ1) is 11.4. The largest absolute Gasteiger partial charge is 0.486 e. The molecule has 8 heteroatoms. The second-order valence-corrected chi connectivity index (χ2v) is 5.44. The molecule has 1 aromatic carbocycles. The highest BCUT2D eigenvalue weighted by Gasteiger charge is 2.27. The number of carbonyl (C=O) groups excluding carboxylic acids is 1. The van der Waals surface area contributed by atoms with Crippen LogP contribution in [0.3, 0.4) is 0 Å². The predicted octanol–water partition coefficient (Wildman–Crippen LogP) is 2.61. The van der Waals surface area contributed by atoms with Crippen LogP contribution < -0.4 is 15.3 Å². The number of aromatic nitrogens is 1. The number of benzene rings is 1. The molecule has 2 rings (SSSR count). The summed E-state index contributed by atoms with van der Waals surface area (Å²) in [5.41, 5.74) is 0.514. The van der Waals surface area contributed by atoms with Gasteiger partial charge in [-0.25, -0.2) is 9.59 Å². The van der Waals surface area contributed by atoms with Crippen LogP contribution in [0.2, 0.25) is 5.02 Å². The molecule has 0 aliphatic rings. The SMILES string of the molecule is CCOc1c(-c2ccc(Cl)cc2N(C)C)c(C(=O)OC)noc1=O. The summed E-state index contributed by atoms with van der Waals surface area (Å²) in [6, 6.07) is 5.04. The molecule has 2 aromatic rings. The fourth-order valence-corrected chi connectivity index (χ4v) is 2.40. The van der Waals surface area contributed by atoms with Crippen molar-refractivity contribution in [3.8, 4) is 16.9 Å². The maximum atomic E-state index is 12.1. The van der Waals surface area contributed by atoms with Crippen LogP contribution in [0.15, 0.2) is 27.5 Å². The summed E-state index contributed by atoms with van der Waals surface area (Å²) in [6.45, 7) is 1.93. The van der Waals surface area contributed by atoms with Gasteiger partial charge in [0.1, 0.15) is 0 Å². The summed E-state index contributed by atoms with van der Waals surface area (Å²) in [5, 5.41) is 4.11. The lowest BCUT2D eigenvalue weighted by Crippen LogP contribution is -2.17. The van der Waals surface area contributed by atoms with Gasteiger partial charge >= 0.3 is 11.6 Å². The molecule has 0 saturated carbocycles. The van der Waals surface area contributed by atoms with E-state index in [4.69, 9.17) is 21.1 Å². The summed E-state index contributed by atoms with van der Waals surface area (Å²) in [6.07, 6.45) is 0. The maximum Gasteiger partial charge on any atom is 0.400 e. The Morgan fingerprint density at radius 3 is 2.67 bits per heavy atom. The molecule has 0 spiro atoms. The Kier molecular flexibility index (Phi) is 5.46. The molecule has 0 unspecified atom stereocenters. The van der Waals surface area contributed by atoms with Crippen molar-refractivity contribution in [3.63, 3.8) is 0 Å². The van der Waals surface area contributed by atoms with Crippen LogP contribution in [0.25, 0.3) is 11.1 Å². The van der Waals surface area contributed by atoms with Gasteiger partial charge in [-0.15, -0.1) is 0 Å². The Morgan fingerprint density at radius 1 is 1.38 bits per heavy atom. The molecule has 0 amide bonds. The molecular formula is C16H17ClN2O5. The minimum atomic E-state index is -0.779. The van der Waals surface area contributed by atoms with Gasteiger partial charge in [-0.1, -0.05) is 22.8 Å². The summed E-state index contributed by atoms with van der Waals surface area (Å²) in [5.74, 6) is -0.840. The van der Waals surface area contributed by atoms with Gasteiger partial charge in [0, 0.05) is 30.4 Å². The Labute approximate surface area is 143 Å². The zero-order valence-electron chi connectivity index (χ0n) is 13.8. The number of carbonyl (C=O) groups is 1. The Bertz CT molecular complexity index is 817. The predicted molar refractivity (Wildman–Crippen MR) is 90.1 cm³/mol. The molecule has 0 saturated heterocycles. The van der Waals surface area contributed by atoms with Crippen molar-refractivity contribution in [2.24, 2.45) is 0 Å². The van der Waals surface area contributed by atoms with Crippen LogP contribution in [0, 0.1) is 0 Å².